The Morgan fingerprint density at radius 1 is 0.636 bits per heavy atom. The molecule has 0 atom stereocenters. The molecule has 0 spiro atoms. The molecule has 4 heteroatoms. The molecule has 0 unspecified atom stereocenters. The van der Waals surface area contributed by atoms with E-state index in [0.717, 1.165) is 20.1 Å². The van der Waals surface area contributed by atoms with Crippen molar-refractivity contribution in [1.29, 1.82) is 0 Å². The highest BCUT2D eigenvalue weighted by molar-refractivity contribution is 9.10. The summed E-state index contributed by atoms with van der Waals surface area (Å²) in [5, 5.41) is 0. The van der Waals surface area contributed by atoms with E-state index >= 15 is 0 Å². The van der Waals surface area contributed by atoms with Gasteiger partial charge in [-0.2, -0.15) is 0 Å². The van der Waals surface area contributed by atoms with Crippen LogP contribution in [0.1, 0.15) is 11.1 Å². The lowest BCUT2D eigenvalue weighted by atomic mass is 10.1. The minimum absolute atomic E-state index is 0.545. The van der Waals surface area contributed by atoms with E-state index in [1.807, 2.05) is 48.5 Å². The highest BCUT2D eigenvalue weighted by atomic mass is 79.9. The summed E-state index contributed by atoms with van der Waals surface area (Å²) in [6, 6.07) is 14.9. The van der Waals surface area contributed by atoms with E-state index < -0.39 is 11.6 Å². The van der Waals surface area contributed by atoms with Crippen LogP contribution in [0.4, 0.5) is 0 Å². The van der Waals surface area contributed by atoms with Crippen LogP contribution < -0.4 is 0 Å². The van der Waals surface area contributed by atoms with Gasteiger partial charge in [-0.3, -0.25) is 9.59 Å². The van der Waals surface area contributed by atoms with Gasteiger partial charge < -0.3 is 0 Å². The molecule has 0 N–H and O–H groups in total. The van der Waals surface area contributed by atoms with Gasteiger partial charge in [-0.1, -0.05) is 68.3 Å². The van der Waals surface area contributed by atoms with Crippen molar-refractivity contribution in [3.8, 4) is 0 Å². The van der Waals surface area contributed by atoms with E-state index in [1.165, 1.54) is 12.2 Å². The maximum atomic E-state index is 11.8. The van der Waals surface area contributed by atoms with Crippen LogP contribution in [0.25, 0.3) is 12.2 Å². The molecule has 0 saturated carbocycles. The molecule has 0 amide bonds. The number of hydrogen-bond donors (Lipinski definition) is 0. The van der Waals surface area contributed by atoms with Gasteiger partial charge in [-0.15, -0.1) is 0 Å². The summed E-state index contributed by atoms with van der Waals surface area (Å²) in [5.74, 6) is -1.09. The van der Waals surface area contributed by atoms with Crippen molar-refractivity contribution < 1.29 is 9.59 Å². The second-order valence-electron chi connectivity index (χ2n) is 4.50. The molecular formula is C18H12Br2O2. The average Bonchev–Trinajstić information content (AvgIpc) is 2.53. The molecule has 110 valence electrons. The van der Waals surface area contributed by atoms with Crippen molar-refractivity contribution in [2.24, 2.45) is 0 Å². The summed E-state index contributed by atoms with van der Waals surface area (Å²) < 4.78 is 1.92. The Morgan fingerprint density at radius 2 is 0.955 bits per heavy atom. The number of ketones is 2. The van der Waals surface area contributed by atoms with E-state index in [-0.39, 0.29) is 0 Å². The topological polar surface area (TPSA) is 34.1 Å². The first kappa shape index (κ1) is 16.6. The number of rotatable bonds is 5. The first-order chi connectivity index (χ1) is 10.5. The molecule has 2 aromatic rings. The second-order valence-corrected chi connectivity index (χ2v) is 6.33. The van der Waals surface area contributed by atoms with Crippen molar-refractivity contribution in [1.82, 2.24) is 0 Å². The van der Waals surface area contributed by atoms with E-state index in [2.05, 4.69) is 31.9 Å². The first-order valence-corrected chi connectivity index (χ1v) is 8.09. The highest BCUT2D eigenvalue weighted by Crippen LogP contribution is 2.12. The van der Waals surface area contributed by atoms with Crippen LogP contribution >= 0.6 is 31.9 Å². The quantitative estimate of drug-likeness (QED) is 0.500. The maximum Gasteiger partial charge on any atom is 0.225 e. The molecule has 0 saturated heterocycles. The molecule has 0 aliphatic heterocycles. The van der Waals surface area contributed by atoms with Crippen LogP contribution in [0.5, 0.6) is 0 Å². The first-order valence-electron chi connectivity index (χ1n) is 6.50. The Hall–Kier alpha value is -1.78. The molecular weight excluding hydrogens is 408 g/mol. The zero-order chi connectivity index (χ0) is 15.9. The summed E-state index contributed by atoms with van der Waals surface area (Å²) in [6.45, 7) is 0. The smallest absolute Gasteiger partial charge is 0.225 e. The monoisotopic (exact) mass is 418 g/mol. The van der Waals surface area contributed by atoms with Gasteiger partial charge in [0.05, 0.1) is 0 Å². The van der Waals surface area contributed by atoms with Crippen molar-refractivity contribution in [2.75, 3.05) is 0 Å². The average molecular weight is 420 g/mol. The van der Waals surface area contributed by atoms with E-state index in [4.69, 9.17) is 0 Å². The fourth-order valence-electron chi connectivity index (χ4n) is 1.66. The van der Waals surface area contributed by atoms with Crippen LogP contribution in [0.2, 0.25) is 0 Å². The van der Waals surface area contributed by atoms with Crippen LogP contribution in [0, 0.1) is 0 Å². The van der Waals surface area contributed by atoms with Crippen molar-refractivity contribution in [2.45, 2.75) is 0 Å². The zero-order valence-electron chi connectivity index (χ0n) is 11.5. The van der Waals surface area contributed by atoms with Gasteiger partial charge in [0.25, 0.3) is 0 Å². The summed E-state index contributed by atoms with van der Waals surface area (Å²) in [7, 11) is 0. The zero-order valence-corrected chi connectivity index (χ0v) is 14.7. The summed E-state index contributed by atoms with van der Waals surface area (Å²) in [5.41, 5.74) is 1.72. The Balaban J connectivity index is 1.98. The number of carbonyl (C=O) groups is 2. The molecule has 2 aromatic carbocycles. The minimum atomic E-state index is -0.545. The Labute approximate surface area is 145 Å². The van der Waals surface area contributed by atoms with E-state index in [9.17, 15) is 9.59 Å². The lowest BCUT2D eigenvalue weighted by molar-refractivity contribution is -0.130. The van der Waals surface area contributed by atoms with Crippen LogP contribution in [-0.2, 0) is 9.59 Å². The molecule has 0 aliphatic carbocycles. The third-order valence-electron chi connectivity index (χ3n) is 2.84. The summed E-state index contributed by atoms with van der Waals surface area (Å²) >= 11 is 6.68. The third-order valence-corrected chi connectivity index (χ3v) is 3.89. The normalized spacial score (nSPS) is 11.2. The maximum absolute atomic E-state index is 11.8. The standard InChI is InChI=1S/C18H12Br2O2/c19-15-7-1-13(2-8-15)5-11-17(21)18(22)12-6-14-3-9-16(20)10-4-14/h1-12H/b11-5+,12-6+. The fraction of sp³-hybridized carbons (Fsp3) is 0. The minimum Gasteiger partial charge on any atom is -0.286 e. The van der Waals surface area contributed by atoms with Crippen LogP contribution in [0.3, 0.4) is 0 Å². The van der Waals surface area contributed by atoms with Gasteiger partial charge >= 0.3 is 0 Å². The highest BCUT2D eigenvalue weighted by Gasteiger charge is 2.05. The van der Waals surface area contributed by atoms with E-state index in [1.54, 1.807) is 12.2 Å². The lowest BCUT2D eigenvalue weighted by Crippen LogP contribution is -2.06. The molecule has 0 aromatic heterocycles. The molecule has 0 fully saturated rings. The van der Waals surface area contributed by atoms with Gasteiger partial charge in [0.1, 0.15) is 0 Å². The SMILES string of the molecule is O=C(/C=C/c1ccc(Br)cc1)C(=O)/C=C/c1ccc(Br)cc1. The predicted octanol–water partition coefficient (Wildman–Crippen LogP) is 5.08. The van der Waals surface area contributed by atoms with Crippen LogP contribution in [-0.4, -0.2) is 11.6 Å². The number of halogens is 2. The van der Waals surface area contributed by atoms with Gasteiger partial charge in [0.2, 0.25) is 11.6 Å². The van der Waals surface area contributed by atoms with Crippen molar-refractivity contribution >= 4 is 55.6 Å². The third kappa shape index (κ3) is 5.20. The number of allylic oxidation sites excluding steroid dienone is 2. The molecule has 0 bridgehead atoms. The van der Waals surface area contributed by atoms with Gasteiger partial charge in [0.15, 0.2) is 0 Å². The molecule has 0 heterocycles. The lowest BCUT2D eigenvalue weighted by Gasteiger charge is -1.94. The summed E-state index contributed by atoms with van der Waals surface area (Å²) in [6.07, 6.45) is 5.83. The van der Waals surface area contributed by atoms with Crippen molar-refractivity contribution in [3.63, 3.8) is 0 Å². The summed E-state index contributed by atoms with van der Waals surface area (Å²) in [4.78, 5) is 23.5. The molecule has 0 aliphatic rings. The Morgan fingerprint density at radius 3 is 1.27 bits per heavy atom. The predicted molar refractivity (Wildman–Crippen MR) is 96.4 cm³/mol. The number of benzene rings is 2. The Bertz CT molecular complexity index is 661. The van der Waals surface area contributed by atoms with Gasteiger partial charge in [-0.25, -0.2) is 0 Å². The van der Waals surface area contributed by atoms with Gasteiger partial charge in [0, 0.05) is 8.95 Å². The number of carbonyl (C=O) groups excluding carboxylic acids is 2. The fourth-order valence-corrected chi connectivity index (χ4v) is 2.18. The second kappa shape index (κ2) is 8.01. The number of hydrogen-bond acceptors (Lipinski definition) is 2. The molecule has 22 heavy (non-hydrogen) atoms. The van der Waals surface area contributed by atoms with Gasteiger partial charge in [-0.05, 0) is 47.5 Å². The van der Waals surface area contributed by atoms with Crippen LogP contribution in [0.15, 0.2) is 69.6 Å². The molecule has 2 rings (SSSR count). The molecule has 2 nitrogen and oxygen atoms in total. The van der Waals surface area contributed by atoms with E-state index in [0.29, 0.717) is 0 Å². The molecule has 0 radical (unpaired) electrons. The van der Waals surface area contributed by atoms with Crippen molar-refractivity contribution in [3.05, 3.63) is 80.8 Å². The Kier molecular flexibility index (Phi) is 6.04. The largest absolute Gasteiger partial charge is 0.286 e.